The predicted octanol–water partition coefficient (Wildman–Crippen LogP) is -0.806. The van der Waals surface area contributed by atoms with Gasteiger partial charge < -0.3 is 11.6 Å². The Labute approximate surface area is 64.7 Å². The second-order valence-electron chi connectivity index (χ2n) is 2.28. The highest BCUT2D eigenvalue weighted by atomic mass is 15.2. The summed E-state index contributed by atoms with van der Waals surface area (Å²) in [7, 11) is 1.85. The number of aryl methyl sites for hydroxylation is 1. The van der Waals surface area contributed by atoms with E-state index in [0.29, 0.717) is 12.3 Å². The Morgan fingerprint density at radius 1 is 1.82 bits per heavy atom. The van der Waals surface area contributed by atoms with Gasteiger partial charge in [-0.2, -0.15) is 10.2 Å². The summed E-state index contributed by atoms with van der Waals surface area (Å²) in [6, 6.07) is 1.87. The summed E-state index contributed by atoms with van der Waals surface area (Å²) in [4.78, 5) is 0. The topological polar surface area (TPSA) is 82.2 Å². The van der Waals surface area contributed by atoms with Gasteiger partial charge >= 0.3 is 0 Å². The third-order valence-corrected chi connectivity index (χ3v) is 1.30. The van der Waals surface area contributed by atoms with Crippen molar-refractivity contribution in [3.05, 3.63) is 18.0 Å². The monoisotopic (exact) mass is 153 g/mol. The molecule has 0 atom stereocenters. The largest absolute Gasteiger partial charge is 0.385 e. The molecule has 0 saturated heterocycles. The third-order valence-electron chi connectivity index (χ3n) is 1.30. The maximum absolute atomic E-state index is 5.39. The molecule has 0 fully saturated rings. The number of hydrazone groups is 1. The van der Waals surface area contributed by atoms with Gasteiger partial charge in [-0.05, 0) is 6.07 Å². The van der Waals surface area contributed by atoms with E-state index in [0.717, 1.165) is 5.69 Å². The van der Waals surface area contributed by atoms with Crippen LogP contribution in [0.1, 0.15) is 5.69 Å². The van der Waals surface area contributed by atoms with Gasteiger partial charge in [-0.25, -0.2) is 0 Å². The summed E-state index contributed by atoms with van der Waals surface area (Å²) < 4.78 is 1.71. The summed E-state index contributed by atoms with van der Waals surface area (Å²) in [6.07, 6.45) is 2.36. The van der Waals surface area contributed by atoms with Crippen molar-refractivity contribution in [2.75, 3.05) is 0 Å². The second-order valence-corrected chi connectivity index (χ2v) is 2.28. The van der Waals surface area contributed by atoms with Gasteiger partial charge in [0.2, 0.25) is 0 Å². The van der Waals surface area contributed by atoms with Crippen molar-refractivity contribution in [1.29, 1.82) is 0 Å². The molecule has 0 amide bonds. The van der Waals surface area contributed by atoms with E-state index in [2.05, 4.69) is 10.2 Å². The fraction of sp³-hybridized carbons (Fsp3) is 0.333. The molecule has 1 aromatic heterocycles. The van der Waals surface area contributed by atoms with Crippen LogP contribution in [0.25, 0.3) is 0 Å². The van der Waals surface area contributed by atoms with Crippen molar-refractivity contribution in [1.82, 2.24) is 9.78 Å². The number of hydrogen-bond acceptors (Lipinski definition) is 3. The maximum Gasteiger partial charge on any atom is 0.125 e. The number of aromatic nitrogens is 2. The first-order valence-electron chi connectivity index (χ1n) is 3.23. The van der Waals surface area contributed by atoms with Crippen LogP contribution in [0.5, 0.6) is 0 Å². The first-order chi connectivity index (χ1) is 5.22. The molecule has 0 radical (unpaired) electrons. The molecule has 5 heteroatoms. The summed E-state index contributed by atoms with van der Waals surface area (Å²) in [5.74, 6) is 5.35. The van der Waals surface area contributed by atoms with Crippen LogP contribution in [-0.2, 0) is 13.5 Å². The fourth-order valence-corrected chi connectivity index (χ4v) is 0.789. The van der Waals surface area contributed by atoms with Crippen LogP contribution in [0.4, 0.5) is 0 Å². The minimum Gasteiger partial charge on any atom is -0.385 e. The van der Waals surface area contributed by atoms with Gasteiger partial charge in [-0.1, -0.05) is 0 Å². The van der Waals surface area contributed by atoms with Crippen LogP contribution >= 0.6 is 0 Å². The summed E-state index contributed by atoms with van der Waals surface area (Å²) in [6.45, 7) is 0. The highest BCUT2D eigenvalue weighted by Crippen LogP contribution is 1.94. The number of nitrogens with two attached hydrogens (primary N) is 2. The molecule has 60 valence electrons. The number of hydrogen-bond donors (Lipinski definition) is 2. The van der Waals surface area contributed by atoms with Crippen molar-refractivity contribution < 1.29 is 0 Å². The molecule has 0 aromatic carbocycles. The van der Waals surface area contributed by atoms with E-state index in [-0.39, 0.29) is 0 Å². The normalized spacial score (nSPS) is 11.9. The lowest BCUT2D eigenvalue weighted by molar-refractivity contribution is 0.752. The Morgan fingerprint density at radius 3 is 3.00 bits per heavy atom. The Hall–Kier alpha value is -1.52. The molecule has 0 spiro atoms. The van der Waals surface area contributed by atoms with Gasteiger partial charge in [-0.3, -0.25) is 4.68 Å². The van der Waals surface area contributed by atoms with E-state index < -0.39 is 0 Å². The number of amidine groups is 1. The lowest BCUT2D eigenvalue weighted by Crippen LogP contribution is -2.17. The molecule has 5 nitrogen and oxygen atoms in total. The van der Waals surface area contributed by atoms with Crippen molar-refractivity contribution in [2.45, 2.75) is 6.42 Å². The molecule has 0 saturated carbocycles. The smallest absolute Gasteiger partial charge is 0.125 e. The first-order valence-corrected chi connectivity index (χ1v) is 3.23. The van der Waals surface area contributed by atoms with Crippen molar-refractivity contribution >= 4 is 5.84 Å². The minimum atomic E-state index is 0.392. The molecule has 0 aliphatic carbocycles. The predicted molar refractivity (Wildman–Crippen MR) is 42.7 cm³/mol. The summed E-state index contributed by atoms with van der Waals surface area (Å²) in [5.41, 5.74) is 6.26. The van der Waals surface area contributed by atoms with E-state index in [1.54, 1.807) is 4.68 Å². The molecule has 1 heterocycles. The zero-order valence-corrected chi connectivity index (χ0v) is 6.36. The van der Waals surface area contributed by atoms with Crippen LogP contribution < -0.4 is 11.6 Å². The van der Waals surface area contributed by atoms with Crippen LogP contribution in [0.3, 0.4) is 0 Å². The average Bonchev–Trinajstić information content (AvgIpc) is 2.35. The molecular formula is C6H11N5. The van der Waals surface area contributed by atoms with Gasteiger partial charge in [0.25, 0.3) is 0 Å². The lowest BCUT2D eigenvalue weighted by atomic mass is 10.3. The van der Waals surface area contributed by atoms with Gasteiger partial charge in [-0.15, -0.1) is 0 Å². The molecule has 11 heavy (non-hydrogen) atoms. The molecular weight excluding hydrogens is 142 g/mol. The van der Waals surface area contributed by atoms with E-state index in [1.807, 2.05) is 19.3 Å². The molecule has 1 rings (SSSR count). The van der Waals surface area contributed by atoms with E-state index in [9.17, 15) is 0 Å². The van der Waals surface area contributed by atoms with Crippen LogP contribution in [-0.4, -0.2) is 15.6 Å². The van der Waals surface area contributed by atoms with Crippen LogP contribution in [0.2, 0.25) is 0 Å². The van der Waals surface area contributed by atoms with Gasteiger partial charge in [0.05, 0.1) is 12.1 Å². The highest BCUT2D eigenvalue weighted by molar-refractivity contribution is 5.81. The maximum atomic E-state index is 5.39. The zero-order chi connectivity index (χ0) is 8.27. The van der Waals surface area contributed by atoms with E-state index in [4.69, 9.17) is 11.6 Å². The molecule has 4 N–H and O–H groups in total. The Balaban J connectivity index is 2.65. The van der Waals surface area contributed by atoms with Gasteiger partial charge in [0.1, 0.15) is 5.84 Å². The van der Waals surface area contributed by atoms with Crippen molar-refractivity contribution in [3.8, 4) is 0 Å². The van der Waals surface area contributed by atoms with Crippen LogP contribution in [0.15, 0.2) is 17.4 Å². The highest BCUT2D eigenvalue weighted by Gasteiger charge is 1.98. The zero-order valence-electron chi connectivity index (χ0n) is 6.36. The summed E-state index contributed by atoms with van der Waals surface area (Å²) in [5, 5.41) is 7.44. The quantitative estimate of drug-likeness (QED) is 0.252. The van der Waals surface area contributed by atoms with E-state index >= 15 is 0 Å². The molecule has 0 bridgehead atoms. The second kappa shape index (κ2) is 3.05. The first kappa shape index (κ1) is 7.59. The van der Waals surface area contributed by atoms with Crippen molar-refractivity contribution in [2.24, 2.45) is 23.7 Å². The SMILES string of the molecule is Cn1ccc(C/C(N)=N/N)n1. The Morgan fingerprint density at radius 2 is 2.55 bits per heavy atom. The molecule has 1 aromatic rings. The molecule has 0 unspecified atom stereocenters. The van der Waals surface area contributed by atoms with Gasteiger partial charge in [0, 0.05) is 13.2 Å². The number of nitrogens with zero attached hydrogens (tertiary/aromatic N) is 3. The lowest BCUT2D eigenvalue weighted by Gasteiger charge is -1.92. The van der Waals surface area contributed by atoms with Gasteiger partial charge in [0.15, 0.2) is 0 Å². The fourth-order valence-electron chi connectivity index (χ4n) is 0.789. The molecule has 0 aliphatic rings. The molecule has 0 aliphatic heterocycles. The standard InChI is InChI=1S/C6H11N5/c1-11-3-2-5(10-11)4-6(7)9-8/h2-3H,4,8H2,1H3,(H2,7,9). The Bertz CT molecular complexity index is 262. The van der Waals surface area contributed by atoms with Crippen LogP contribution in [0, 0.1) is 0 Å². The Kier molecular flexibility index (Phi) is 2.10. The average molecular weight is 153 g/mol. The number of rotatable bonds is 2. The van der Waals surface area contributed by atoms with Crippen molar-refractivity contribution in [3.63, 3.8) is 0 Å². The minimum absolute atomic E-state index is 0.392. The van der Waals surface area contributed by atoms with E-state index in [1.165, 1.54) is 0 Å². The summed E-state index contributed by atoms with van der Waals surface area (Å²) >= 11 is 0. The third kappa shape index (κ3) is 1.96.